The third kappa shape index (κ3) is 2.48. The van der Waals surface area contributed by atoms with E-state index in [-0.39, 0.29) is 27.7 Å². The Balaban J connectivity index is 2.80. The summed E-state index contributed by atoms with van der Waals surface area (Å²) < 4.78 is 46.3. The molecule has 0 amide bonds. The predicted molar refractivity (Wildman–Crippen MR) is 75.7 cm³/mol. The van der Waals surface area contributed by atoms with E-state index < -0.39 is 17.4 Å². The number of aromatic hydroxyl groups is 1. The lowest BCUT2D eigenvalue weighted by Gasteiger charge is -2.40. The van der Waals surface area contributed by atoms with Gasteiger partial charge in [0.2, 0.25) is 0 Å². The molecule has 0 saturated carbocycles. The highest BCUT2D eigenvalue weighted by molar-refractivity contribution is 6.32. The minimum absolute atomic E-state index is 0.0125. The van der Waals surface area contributed by atoms with Crippen LogP contribution < -0.4 is 4.74 Å². The van der Waals surface area contributed by atoms with E-state index in [1.165, 1.54) is 6.92 Å². The zero-order valence-corrected chi connectivity index (χ0v) is 12.7. The molecule has 116 valence electrons. The number of halogens is 4. The number of rotatable bonds is 2. The number of phenols is 1. The second kappa shape index (κ2) is 5.13. The topological polar surface area (TPSA) is 29.5 Å². The van der Waals surface area contributed by atoms with Crippen molar-refractivity contribution in [1.82, 2.24) is 0 Å². The molecule has 6 heteroatoms. The summed E-state index contributed by atoms with van der Waals surface area (Å²) in [5.41, 5.74) is -1.72. The molecular formula is C15H16ClF3O2. The summed E-state index contributed by atoms with van der Waals surface area (Å²) in [5.74, 6) is -0.281. The smallest absolute Gasteiger partial charge is 0.417 e. The molecule has 0 bridgehead atoms. The quantitative estimate of drug-likeness (QED) is 0.797. The lowest BCUT2D eigenvalue weighted by atomic mass is 9.81. The lowest BCUT2D eigenvalue weighted by Crippen LogP contribution is -2.41. The van der Waals surface area contributed by atoms with E-state index in [9.17, 15) is 18.3 Å². The van der Waals surface area contributed by atoms with Crippen LogP contribution in [0.25, 0.3) is 5.57 Å². The molecule has 0 spiro atoms. The zero-order valence-electron chi connectivity index (χ0n) is 11.9. The summed E-state index contributed by atoms with van der Waals surface area (Å²) in [6.45, 7) is 5.00. The number of benzene rings is 1. The molecule has 1 aliphatic rings. The van der Waals surface area contributed by atoms with Crippen LogP contribution in [0.5, 0.6) is 11.5 Å². The van der Waals surface area contributed by atoms with E-state index in [1.54, 1.807) is 13.8 Å². The van der Waals surface area contributed by atoms with Crippen molar-refractivity contribution in [2.45, 2.75) is 45.4 Å². The monoisotopic (exact) mass is 320 g/mol. The van der Waals surface area contributed by atoms with Crippen LogP contribution in [0, 0.1) is 0 Å². The van der Waals surface area contributed by atoms with Gasteiger partial charge in [-0.1, -0.05) is 25.4 Å². The van der Waals surface area contributed by atoms with Crippen LogP contribution in [-0.4, -0.2) is 16.9 Å². The van der Waals surface area contributed by atoms with Crippen LogP contribution in [0.1, 0.15) is 39.2 Å². The largest absolute Gasteiger partial charge is 0.506 e. The first-order valence-electron chi connectivity index (χ1n) is 6.66. The Bertz CT molecular complexity index is 602. The second-order valence-corrected chi connectivity index (χ2v) is 5.51. The van der Waals surface area contributed by atoms with E-state index in [4.69, 9.17) is 16.3 Å². The molecule has 2 nitrogen and oxygen atoms in total. The summed E-state index contributed by atoms with van der Waals surface area (Å²) in [5, 5.41) is 9.50. The minimum atomic E-state index is -4.52. The average molecular weight is 321 g/mol. The van der Waals surface area contributed by atoms with Gasteiger partial charge in [0.25, 0.3) is 0 Å². The van der Waals surface area contributed by atoms with Crippen molar-refractivity contribution in [3.63, 3.8) is 0 Å². The zero-order chi connectivity index (χ0) is 16.0. The maximum absolute atomic E-state index is 13.5. The molecule has 0 unspecified atom stereocenters. The maximum Gasteiger partial charge on any atom is 0.417 e. The SMILES string of the molecule is CCC1(CC)Oc2cc(O)c(Cl)cc2C(C(F)(F)F)=C1C. The van der Waals surface area contributed by atoms with Crippen molar-refractivity contribution in [1.29, 1.82) is 0 Å². The van der Waals surface area contributed by atoms with Crippen LogP contribution in [0.3, 0.4) is 0 Å². The Labute approximate surface area is 126 Å². The summed E-state index contributed by atoms with van der Waals surface area (Å²) in [7, 11) is 0. The Morgan fingerprint density at radius 1 is 1.24 bits per heavy atom. The number of alkyl halides is 3. The Kier molecular flexibility index (Phi) is 3.91. The first-order chi connectivity index (χ1) is 9.66. The van der Waals surface area contributed by atoms with Crippen LogP contribution in [0.4, 0.5) is 13.2 Å². The van der Waals surface area contributed by atoms with Crippen molar-refractivity contribution < 1.29 is 23.0 Å². The normalized spacial score (nSPS) is 17.5. The van der Waals surface area contributed by atoms with Gasteiger partial charge in [0, 0.05) is 11.6 Å². The fourth-order valence-electron chi connectivity index (χ4n) is 2.83. The summed E-state index contributed by atoms with van der Waals surface area (Å²) in [6, 6.07) is 2.25. The molecule has 0 aliphatic carbocycles. The van der Waals surface area contributed by atoms with Crippen LogP contribution in [0.2, 0.25) is 5.02 Å². The number of phenolic OH excluding ortho intramolecular Hbond substituents is 1. The Morgan fingerprint density at radius 2 is 1.81 bits per heavy atom. The van der Waals surface area contributed by atoms with Gasteiger partial charge in [0.1, 0.15) is 17.1 Å². The van der Waals surface area contributed by atoms with E-state index in [2.05, 4.69) is 0 Å². The second-order valence-electron chi connectivity index (χ2n) is 5.10. The van der Waals surface area contributed by atoms with Gasteiger partial charge >= 0.3 is 6.18 Å². The molecule has 1 heterocycles. The van der Waals surface area contributed by atoms with E-state index in [0.29, 0.717) is 12.8 Å². The lowest BCUT2D eigenvalue weighted by molar-refractivity contribution is -0.0724. The molecule has 0 saturated heterocycles. The number of ether oxygens (including phenoxy) is 1. The molecule has 2 rings (SSSR count). The number of hydrogen-bond acceptors (Lipinski definition) is 2. The molecule has 1 aliphatic heterocycles. The van der Waals surface area contributed by atoms with Crippen molar-refractivity contribution in [2.24, 2.45) is 0 Å². The van der Waals surface area contributed by atoms with Crippen LogP contribution in [-0.2, 0) is 0 Å². The first-order valence-corrected chi connectivity index (χ1v) is 7.04. The predicted octanol–water partition coefficient (Wildman–Crippen LogP) is 5.33. The molecule has 0 radical (unpaired) electrons. The van der Waals surface area contributed by atoms with Gasteiger partial charge < -0.3 is 9.84 Å². The standard InChI is InChI=1S/C15H16ClF3O2/c1-4-14(5-2)8(3)13(15(17,18)19)9-6-10(16)11(20)7-12(9)21-14/h6-7,20H,4-5H2,1-3H3. The molecular weight excluding hydrogens is 305 g/mol. The van der Waals surface area contributed by atoms with Gasteiger partial charge in [0.15, 0.2) is 0 Å². The summed E-state index contributed by atoms with van der Waals surface area (Å²) >= 11 is 5.75. The van der Waals surface area contributed by atoms with Crippen molar-refractivity contribution >= 4 is 17.2 Å². The molecule has 1 aromatic rings. The molecule has 21 heavy (non-hydrogen) atoms. The van der Waals surface area contributed by atoms with Gasteiger partial charge in [-0.05, 0) is 31.4 Å². The van der Waals surface area contributed by atoms with Crippen LogP contribution in [0.15, 0.2) is 17.7 Å². The number of allylic oxidation sites excluding steroid dienone is 1. The van der Waals surface area contributed by atoms with Gasteiger partial charge in [-0.2, -0.15) is 13.2 Å². The van der Waals surface area contributed by atoms with Gasteiger partial charge in [-0.25, -0.2) is 0 Å². The van der Waals surface area contributed by atoms with Crippen LogP contribution >= 0.6 is 11.6 Å². The van der Waals surface area contributed by atoms with E-state index >= 15 is 0 Å². The average Bonchev–Trinajstić information content (AvgIpc) is 2.39. The van der Waals surface area contributed by atoms with Gasteiger partial charge in [0.05, 0.1) is 10.6 Å². The van der Waals surface area contributed by atoms with Gasteiger partial charge in [-0.3, -0.25) is 0 Å². The van der Waals surface area contributed by atoms with E-state index in [0.717, 1.165) is 12.1 Å². The molecule has 0 atom stereocenters. The number of hydrogen-bond donors (Lipinski definition) is 1. The summed E-state index contributed by atoms with van der Waals surface area (Å²) in [6.07, 6.45) is -3.71. The molecule has 0 aromatic heterocycles. The third-order valence-electron chi connectivity index (χ3n) is 4.11. The highest BCUT2D eigenvalue weighted by Gasteiger charge is 2.47. The highest BCUT2D eigenvalue weighted by Crippen LogP contribution is 2.51. The van der Waals surface area contributed by atoms with Crippen molar-refractivity contribution in [2.75, 3.05) is 0 Å². The van der Waals surface area contributed by atoms with E-state index in [1.807, 2.05) is 0 Å². The summed E-state index contributed by atoms with van der Waals surface area (Å²) in [4.78, 5) is 0. The maximum atomic E-state index is 13.5. The molecule has 0 fully saturated rings. The van der Waals surface area contributed by atoms with Gasteiger partial charge in [-0.15, -0.1) is 0 Å². The molecule has 1 aromatic carbocycles. The van der Waals surface area contributed by atoms with Crippen molar-refractivity contribution in [3.05, 3.63) is 28.3 Å². The Morgan fingerprint density at radius 3 is 2.29 bits per heavy atom. The molecule has 1 N–H and O–H groups in total. The first kappa shape index (κ1) is 16.0. The highest BCUT2D eigenvalue weighted by atomic mass is 35.5. The Hall–Kier alpha value is -1.36. The number of fused-ring (bicyclic) bond motifs is 1. The fraction of sp³-hybridized carbons (Fsp3) is 0.467. The third-order valence-corrected chi connectivity index (χ3v) is 4.41. The fourth-order valence-corrected chi connectivity index (χ4v) is 2.99. The van der Waals surface area contributed by atoms with Crippen molar-refractivity contribution in [3.8, 4) is 11.5 Å². The minimum Gasteiger partial charge on any atom is -0.506 e.